The molecule has 21 heavy (non-hydrogen) atoms. The SMILES string of the molecule is Nc1nonc1C(=O)NCC[NH2+]Cc1c(Cl)cccc1Cl. The molecule has 0 atom stereocenters. The molecule has 0 unspecified atom stereocenters. The molecule has 0 radical (unpaired) electrons. The van der Waals surface area contributed by atoms with Gasteiger partial charge >= 0.3 is 0 Å². The van der Waals surface area contributed by atoms with Crippen LogP contribution < -0.4 is 16.4 Å². The maximum Gasteiger partial charge on any atom is 0.277 e. The van der Waals surface area contributed by atoms with Gasteiger partial charge in [-0.3, -0.25) is 4.79 Å². The van der Waals surface area contributed by atoms with Crippen molar-refractivity contribution in [3.05, 3.63) is 39.5 Å². The Balaban J connectivity index is 1.73. The number of quaternary nitrogens is 1. The van der Waals surface area contributed by atoms with Gasteiger partial charge in [0.2, 0.25) is 11.5 Å². The first kappa shape index (κ1) is 15.6. The first-order valence-corrected chi connectivity index (χ1v) is 6.96. The minimum absolute atomic E-state index is 0.0100. The Hall–Kier alpha value is -1.83. The summed E-state index contributed by atoms with van der Waals surface area (Å²) in [7, 11) is 0. The molecule has 0 saturated heterocycles. The van der Waals surface area contributed by atoms with E-state index in [2.05, 4.69) is 20.3 Å². The molecule has 1 aromatic heterocycles. The van der Waals surface area contributed by atoms with Crippen molar-refractivity contribution in [3.63, 3.8) is 0 Å². The molecule has 7 nitrogen and oxygen atoms in total. The van der Waals surface area contributed by atoms with E-state index in [9.17, 15) is 4.79 Å². The highest BCUT2D eigenvalue weighted by Gasteiger charge is 2.15. The van der Waals surface area contributed by atoms with Gasteiger partial charge in [0.25, 0.3) is 5.91 Å². The summed E-state index contributed by atoms with van der Waals surface area (Å²) in [6, 6.07) is 5.38. The molecule has 5 N–H and O–H groups in total. The van der Waals surface area contributed by atoms with Crippen LogP contribution in [0.5, 0.6) is 0 Å². The number of nitrogens with two attached hydrogens (primary N) is 2. The molecule has 0 bridgehead atoms. The maximum atomic E-state index is 11.7. The maximum absolute atomic E-state index is 11.7. The van der Waals surface area contributed by atoms with Gasteiger partial charge in [-0.25, -0.2) is 4.63 Å². The van der Waals surface area contributed by atoms with Crippen molar-refractivity contribution in [2.24, 2.45) is 0 Å². The first-order chi connectivity index (χ1) is 10.1. The lowest BCUT2D eigenvalue weighted by atomic mass is 10.2. The molecule has 1 amide bonds. The number of aromatic nitrogens is 2. The van der Waals surface area contributed by atoms with Crippen molar-refractivity contribution in [1.29, 1.82) is 0 Å². The van der Waals surface area contributed by atoms with Crippen LogP contribution in [-0.2, 0) is 6.54 Å². The van der Waals surface area contributed by atoms with Gasteiger partial charge in [-0.2, -0.15) is 0 Å². The largest absolute Gasteiger partial charge is 0.379 e. The van der Waals surface area contributed by atoms with Crippen molar-refractivity contribution in [1.82, 2.24) is 15.6 Å². The van der Waals surface area contributed by atoms with Gasteiger partial charge in [0.05, 0.1) is 23.1 Å². The van der Waals surface area contributed by atoms with Gasteiger partial charge < -0.3 is 16.4 Å². The lowest BCUT2D eigenvalue weighted by Crippen LogP contribution is -2.84. The molecule has 112 valence electrons. The average molecular weight is 331 g/mol. The third-order valence-electron chi connectivity index (χ3n) is 2.77. The number of nitrogens with zero attached hydrogens (tertiary/aromatic N) is 2. The van der Waals surface area contributed by atoms with E-state index in [0.717, 1.165) is 5.56 Å². The molecule has 1 heterocycles. The Labute approximate surface area is 130 Å². The fourth-order valence-corrected chi connectivity index (χ4v) is 2.25. The number of hydrogen-bond acceptors (Lipinski definition) is 5. The highest BCUT2D eigenvalue weighted by atomic mass is 35.5. The fraction of sp³-hybridized carbons (Fsp3) is 0.250. The van der Waals surface area contributed by atoms with Crippen LogP contribution in [-0.4, -0.2) is 29.3 Å². The number of anilines is 1. The van der Waals surface area contributed by atoms with E-state index in [1.54, 1.807) is 18.2 Å². The number of halogens is 2. The van der Waals surface area contributed by atoms with Crippen molar-refractivity contribution in [2.75, 3.05) is 18.8 Å². The number of hydrogen-bond donors (Lipinski definition) is 3. The van der Waals surface area contributed by atoms with E-state index in [0.29, 0.717) is 29.7 Å². The number of carbonyl (C=O) groups is 1. The summed E-state index contributed by atoms with van der Waals surface area (Å²) in [5.41, 5.74) is 6.28. The van der Waals surface area contributed by atoms with Crippen LogP contribution >= 0.6 is 23.2 Å². The molecule has 2 rings (SSSR count). The predicted octanol–water partition coefficient (Wildman–Crippen LogP) is 0.452. The monoisotopic (exact) mass is 330 g/mol. The zero-order chi connectivity index (χ0) is 15.2. The zero-order valence-electron chi connectivity index (χ0n) is 11.0. The van der Waals surface area contributed by atoms with Crippen LogP contribution in [0.1, 0.15) is 16.1 Å². The topological polar surface area (TPSA) is 111 Å². The Bertz CT molecular complexity index is 612. The second-order valence-corrected chi connectivity index (χ2v) is 5.05. The van der Waals surface area contributed by atoms with E-state index in [-0.39, 0.29) is 11.5 Å². The molecular formula is C12H14Cl2N5O2+. The van der Waals surface area contributed by atoms with Gasteiger partial charge in [-0.15, -0.1) is 0 Å². The Morgan fingerprint density at radius 3 is 2.67 bits per heavy atom. The lowest BCUT2D eigenvalue weighted by Gasteiger charge is -2.06. The highest BCUT2D eigenvalue weighted by molar-refractivity contribution is 6.35. The lowest BCUT2D eigenvalue weighted by molar-refractivity contribution is -0.668. The number of benzene rings is 1. The van der Waals surface area contributed by atoms with Gasteiger partial charge in [0.1, 0.15) is 6.54 Å². The van der Waals surface area contributed by atoms with Crippen LogP contribution in [0.2, 0.25) is 10.0 Å². The quantitative estimate of drug-likeness (QED) is 0.666. The molecule has 2 aromatic rings. The fourth-order valence-electron chi connectivity index (χ4n) is 1.70. The van der Waals surface area contributed by atoms with Crippen molar-refractivity contribution in [2.45, 2.75) is 6.54 Å². The second kappa shape index (κ2) is 7.26. The number of nitrogens with one attached hydrogen (secondary N) is 1. The minimum Gasteiger partial charge on any atom is -0.379 e. The summed E-state index contributed by atoms with van der Waals surface area (Å²) in [5.74, 6) is -0.447. The average Bonchev–Trinajstić information content (AvgIpc) is 2.87. The van der Waals surface area contributed by atoms with Gasteiger partial charge in [-0.1, -0.05) is 29.3 Å². The van der Waals surface area contributed by atoms with Gasteiger partial charge in [-0.05, 0) is 22.4 Å². The Kier molecular flexibility index (Phi) is 5.38. The molecule has 0 aliphatic rings. The summed E-state index contributed by atoms with van der Waals surface area (Å²) < 4.78 is 4.36. The van der Waals surface area contributed by atoms with Crippen LogP contribution in [0, 0.1) is 0 Å². The molecule has 0 fully saturated rings. The molecule has 0 aliphatic carbocycles. The van der Waals surface area contributed by atoms with Crippen molar-refractivity contribution in [3.8, 4) is 0 Å². The standard InChI is InChI=1S/C12H13Cl2N5O2/c13-8-2-1-3-9(14)7(8)6-16-4-5-17-12(20)10-11(15)19-21-18-10/h1-3,16H,4-6H2,(H2,15,19)(H,17,20)/p+1. The molecular weight excluding hydrogens is 317 g/mol. The minimum atomic E-state index is -0.419. The summed E-state index contributed by atoms with van der Waals surface area (Å²) in [6.45, 7) is 1.72. The summed E-state index contributed by atoms with van der Waals surface area (Å²) in [5, 5.41) is 12.7. The van der Waals surface area contributed by atoms with E-state index < -0.39 is 5.91 Å². The van der Waals surface area contributed by atoms with Crippen LogP contribution in [0.3, 0.4) is 0 Å². The Morgan fingerprint density at radius 1 is 1.33 bits per heavy atom. The normalized spacial score (nSPS) is 10.6. The smallest absolute Gasteiger partial charge is 0.277 e. The molecule has 1 aromatic carbocycles. The van der Waals surface area contributed by atoms with E-state index >= 15 is 0 Å². The molecule has 0 aliphatic heterocycles. The third kappa shape index (κ3) is 4.07. The van der Waals surface area contributed by atoms with E-state index in [1.807, 2.05) is 5.32 Å². The van der Waals surface area contributed by atoms with Crippen LogP contribution in [0.4, 0.5) is 5.82 Å². The summed E-state index contributed by atoms with van der Waals surface area (Å²) >= 11 is 12.1. The third-order valence-corrected chi connectivity index (χ3v) is 3.48. The molecule has 0 spiro atoms. The Morgan fingerprint density at radius 2 is 2.05 bits per heavy atom. The molecule has 9 heteroatoms. The predicted molar refractivity (Wildman–Crippen MR) is 78.0 cm³/mol. The number of amides is 1. The first-order valence-electron chi connectivity index (χ1n) is 6.20. The van der Waals surface area contributed by atoms with Gasteiger partial charge in [0.15, 0.2) is 0 Å². The number of carbonyl (C=O) groups excluding carboxylic acids is 1. The summed E-state index contributed by atoms with van der Waals surface area (Å²) in [4.78, 5) is 11.7. The van der Waals surface area contributed by atoms with Crippen molar-refractivity contribution >= 4 is 34.9 Å². The van der Waals surface area contributed by atoms with Crippen molar-refractivity contribution < 1.29 is 14.7 Å². The number of nitrogen functional groups attached to an aromatic ring is 1. The van der Waals surface area contributed by atoms with E-state index in [4.69, 9.17) is 28.9 Å². The van der Waals surface area contributed by atoms with Gasteiger partial charge in [0, 0.05) is 5.56 Å². The number of rotatable bonds is 6. The van der Waals surface area contributed by atoms with Crippen LogP contribution in [0.25, 0.3) is 0 Å². The second-order valence-electron chi connectivity index (χ2n) is 4.24. The van der Waals surface area contributed by atoms with E-state index in [1.165, 1.54) is 0 Å². The zero-order valence-corrected chi connectivity index (χ0v) is 12.5. The highest BCUT2D eigenvalue weighted by Crippen LogP contribution is 2.22. The molecule has 0 saturated carbocycles. The van der Waals surface area contributed by atoms with Crippen LogP contribution in [0.15, 0.2) is 22.8 Å². The summed E-state index contributed by atoms with van der Waals surface area (Å²) in [6.07, 6.45) is 0.